The minimum absolute atomic E-state index is 0. The highest BCUT2D eigenvalue weighted by molar-refractivity contribution is 5.85. The number of nitrogens with zero attached hydrogens (tertiary/aromatic N) is 3. The Bertz CT molecular complexity index is 3250. The number of aliphatic hydroxyl groups excluding tert-OH is 1. The molecule has 586 valence electrons. The number of carboxylic acids is 1. The van der Waals surface area contributed by atoms with Gasteiger partial charge >= 0.3 is 11.9 Å². The molecule has 0 spiro atoms. The summed E-state index contributed by atoms with van der Waals surface area (Å²) in [7, 11) is 9.92. The van der Waals surface area contributed by atoms with E-state index in [9.17, 15) is 43.8 Å². The molecule has 4 aromatic rings. The van der Waals surface area contributed by atoms with Crippen molar-refractivity contribution in [3.8, 4) is 11.1 Å². The highest BCUT2D eigenvalue weighted by atomic mass is 16.5. The summed E-state index contributed by atoms with van der Waals surface area (Å²) in [5.41, 5.74) is 6.63. The van der Waals surface area contributed by atoms with Crippen LogP contribution in [0.25, 0.3) is 11.1 Å². The van der Waals surface area contributed by atoms with Crippen molar-refractivity contribution < 1.29 is 67.5 Å². The van der Waals surface area contributed by atoms with Crippen LogP contribution >= 0.6 is 0 Å². The van der Waals surface area contributed by atoms with Crippen molar-refractivity contribution in [2.75, 3.05) is 62.2 Å². The molecule has 2 aliphatic heterocycles. The second-order valence-corrected chi connectivity index (χ2v) is 30.5. The first-order valence-electron chi connectivity index (χ1n) is 38.3. The summed E-state index contributed by atoms with van der Waals surface area (Å²) in [4.78, 5) is 96.8. The topological polar surface area (TPSA) is 240 Å². The third-order valence-electron chi connectivity index (χ3n) is 23.0. The molecule has 1 aliphatic carbocycles. The van der Waals surface area contributed by atoms with Gasteiger partial charge in [0.15, 0.2) is 0 Å². The molecular formula is C86H133N5O14. The molecule has 2 fully saturated rings. The number of carbonyl (C=O) groups excluding carboxylic acids is 6. The van der Waals surface area contributed by atoms with Crippen molar-refractivity contribution in [1.82, 2.24) is 25.3 Å². The van der Waals surface area contributed by atoms with E-state index in [0.29, 0.717) is 13.0 Å². The standard InChI is InChI=1S/C35H59N3O5.C31H41NO6.C19H29NO3.CH4/c1-12-23(4)32(37(9)35(41)24(5)22(2)3)30(42-10)21-31(39)38-20-16-19-29(38)33(43-11)26(7)34(40)36-27(8)25(6)28-17-14-13-15-18-28;1-7-20(4)30(27(37-6)17-28(33)34)32(5)31(36)25(19(2)3)16-29(35)38-18-26-23-14-10-8-12-21(23)22-13-9-11-15-24(22)26;1-13(18(22)15-8-5-4-6-9-15)12-17(21)14(2)19(23-3)16-10-7-11-20-16;/h13-15,17-18,22-27,29-30,32-33H,12,16,19-21H2,1-11H3,(H,36,40);8-15,19-20,25-27,30H,7,16-18H2,1-6H3,(H,33,34);4-6,8-9,13-14,16,18-20,22H,7,10-12H2,1-3H3;1H4/t23-,24-,25+,26+,27+,29-,30+,32-,33+;20-,25-,27+,30-;13-,14-,16-,18+,19+;/m000./s1. The molecule has 0 radical (unpaired) electrons. The lowest BCUT2D eigenvalue weighted by molar-refractivity contribution is -0.153. The molecule has 19 nitrogen and oxygen atoms in total. The van der Waals surface area contributed by atoms with Gasteiger partial charge in [0.2, 0.25) is 23.6 Å². The zero-order chi connectivity index (χ0) is 77.2. The lowest BCUT2D eigenvalue weighted by Crippen LogP contribution is -2.54. The maximum absolute atomic E-state index is 13.9. The van der Waals surface area contributed by atoms with Gasteiger partial charge in [-0.1, -0.05) is 219 Å². The fourth-order valence-electron chi connectivity index (χ4n) is 15.5. The number of likely N-dealkylation sites (tertiary alicyclic amines) is 1. The number of carbonyl (C=O) groups is 7. The van der Waals surface area contributed by atoms with Gasteiger partial charge in [-0.3, -0.25) is 33.6 Å². The Morgan fingerprint density at radius 1 is 0.571 bits per heavy atom. The van der Waals surface area contributed by atoms with Gasteiger partial charge in [0.25, 0.3) is 0 Å². The van der Waals surface area contributed by atoms with Crippen molar-refractivity contribution in [2.24, 2.45) is 53.3 Å². The average Bonchev–Trinajstić information content (AvgIpc) is 1.61. The highest BCUT2D eigenvalue weighted by Gasteiger charge is 2.44. The maximum Gasteiger partial charge on any atom is 0.306 e. The zero-order valence-electron chi connectivity index (χ0n) is 66.3. The van der Waals surface area contributed by atoms with Crippen LogP contribution in [0.15, 0.2) is 109 Å². The lowest BCUT2D eigenvalue weighted by Gasteiger charge is -2.40. The van der Waals surface area contributed by atoms with Crippen LogP contribution in [0.2, 0.25) is 0 Å². The number of aliphatic hydroxyl groups is 1. The van der Waals surface area contributed by atoms with Crippen LogP contribution in [-0.2, 0) is 57.2 Å². The zero-order valence-corrected chi connectivity index (χ0v) is 66.3. The summed E-state index contributed by atoms with van der Waals surface area (Å²) in [6.45, 7) is 29.8. The number of carboxylic acid groups (broad SMARTS) is 1. The van der Waals surface area contributed by atoms with E-state index in [1.165, 1.54) is 12.7 Å². The predicted octanol–water partition coefficient (Wildman–Crippen LogP) is 14.2. The van der Waals surface area contributed by atoms with Crippen molar-refractivity contribution in [1.29, 1.82) is 0 Å². The number of aliphatic carboxylic acids is 1. The number of Topliss-reactive ketones (excluding diaryl/α,β-unsaturated/α-hetero) is 1. The SMILES string of the molecule is C.CC[C@H](C)[C@@H]([C@@H](CC(=O)N1CCC[C@H]1[C@H](OC)[C@@H](C)C(=O)N[C@H](C)[C@@H](C)c1ccccc1)OC)N(C)C(=O)[C@@H](C)C(C)C.CC[C@H](C)[C@@H]([C@@H](CC(=O)O)OC)N(C)C(=O)[C@@H](CC(=O)OCC1c2ccccc2-c2ccccc21)C(C)C.CO[C@@H]([C@@H]1CCCN1)[C@@H](C)C(=O)C[C@H](C)[C@@H](O)c1ccccc1. The van der Waals surface area contributed by atoms with Crippen molar-refractivity contribution in [3.05, 3.63) is 131 Å². The molecule has 0 unspecified atom stereocenters. The average molecular weight is 1460 g/mol. The van der Waals surface area contributed by atoms with Gasteiger partial charge in [0.05, 0.1) is 79.7 Å². The molecule has 4 amide bonds. The first kappa shape index (κ1) is 90.5. The summed E-state index contributed by atoms with van der Waals surface area (Å²) in [5.74, 6) is -2.53. The van der Waals surface area contributed by atoms with Gasteiger partial charge in [0, 0.05) is 91.3 Å². The summed E-state index contributed by atoms with van der Waals surface area (Å²) in [6.07, 6.45) is 3.46. The largest absolute Gasteiger partial charge is 0.481 e. The number of rotatable bonds is 37. The first-order valence-corrected chi connectivity index (χ1v) is 38.3. The van der Waals surface area contributed by atoms with E-state index in [-0.39, 0.29) is 146 Å². The molecule has 2 heterocycles. The molecule has 7 rings (SSSR count). The van der Waals surface area contributed by atoms with Crippen molar-refractivity contribution in [3.63, 3.8) is 0 Å². The third-order valence-corrected chi connectivity index (χ3v) is 23.0. The molecule has 4 aromatic carbocycles. The van der Waals surface area contributed by atoms with E-state index in [1.54, 1.807) is 33.3 Å². The molecule has 0 aromatic heterocycles. The Hall–Kier alpha value is -6.87. The van der Waals surface area contributed by atoms with E-state index < -0.39 is 54.2 Å². The van der Waals surface area contributed by atoms with Crippen LogP contribution in [0.5, 0.6) is 0 Å². The predicted molar refractivity (Wildman–Crippen MR) is 417 cm³/mol. The van der Waals surface area contributed by atoms with Gasteiger partial charge in [-0.2, -0.15) is 0 Å². The Morgan fingerprint density at radius 2 is 1.08 bits per heavy atom. The Labute approximate surface area is 630 Å². The van der Waals surface area contributed by atoms with Gasteiger partial charge in [-0.15, -0.1) is 0 Å². The van der Waals surface area contributed by atoms with E-state index in [1.807, 2.05) is 152 Å². The Morgan fingerprint density at radius 3 is 1.55 bits per heavy atom. The fourth-order valence-corrected chi connectivity index (χ4v) is 15.5. The number of benzene rings is 4. The number of likely N-dealkylation sites (N-methyl/N-ethyl adjacent to an activating group) is 2. The normalized spacial score (nSPS) is 19.4. The summed E-state index contributed by atoms with van der Waals surface area (Å²) in [6, 6.07) is 35.3. The number of ether oxygens (including phenoxy) is 5. The molecular weight excluding hydrogens is 1330 g/mol. The van der Waals surface area contributed by atoms with E-state index in [4.69, 9.17) is 23.7 Å². The van der Waals surface area contributed by atoms with Gasteiger partial charge in [-0.05, 0) is 102 Å². The van der Waals surface area contributed by atoms with Crippen LogP contribution < -0.4 is 10.6 Å². The van der Waals surface area contributed by atoms with Crippen LogP contribution in [0, 0.1) is 53.3 Å². The minimum Gasteiger partial charge on any atom is -0.481 e. The fraction of sp³-hybridized carbons (Fsp3) is 0.640. The van der Waals surface area contributed by atoms with Crippen LogP contribution in [0.3, 0.4) is 0 Å². The van der Waals surface area contributed by atoms with E-state index in [0.717, 1.165) is 72.9 Å². The number of methoxy groups -OCH3 is 4. The monoisotopic (exact) mass is 1460 g/mol. The first-order chi connectivity index (χ1) is 49.4. The van der Waals surface area contributed by atoms with Gasteiger partial charge in [0.1, 0.15) is 12.4 Å². The molecule has 0 bridgehead atoms. The molecule has 0 saturated carbocycles. The highest BCUT2D eigenvalue weighted by Crippen LogP contribution is 2.45. The molecule has 105 heavy (non-hydrogen) atoms. The third kappa shape index (κ3) is 24.6. The molecule has 19 heteroatoms. The number of amides is 4. The summed E-state index contributed by atoms with van der Waals surface area (Å²) in [5, 5.41) is 26.4. The second kappa shape index (κ2) is 44.4. The number of ketones is 1. The van der Waals surface area contributed by atoms with Crippen molar-refractivity contribution >= 4 is 41.4 Å². The van der Waals surface area contributed by atoms with E-state index in [2.05, 4.69) is 81.7 Å². The molecule has 18 atom stereocenters. The molecule has 3 aliphatic rings. The second-order valence-electron chi connectivity index (χ2n) is 30.5. The summed E-state index contributed by atoms with van der Waals surface area (Å²) < 4.78 is 28.8. The van der Waals surface area contributed by atoms with Crippen LogP contribution in [-0.4, -0.2) is 183 Å². The maximum atomic E-state index is 13.9. The Kier molecular flexibility index (Phi) is 38.3. The number of fused-ring (bicyclic) bond motifs is 3. The van der Waals surface area contributed by atoms with Crippen LogP contribution in [0.4, 0.5) is 0 Å². The molecule has 2 saturated heterocycles. The van der Waals surface area contributed by atoms with Gasteiger partial charge < -0.3 is 59.2 Å². The summed E-state index contributed by atoms with van der Waals surface area (Å²) >= 11 is 0. The van der Waals surface area contributed by atoms with Crippen molar-refractivity contribution in [2.45, 2.75) is 241 Å². The van der Waals surface area contributed by atoms with Gasteiger partial charge in [-0.25, -0.2) is 0 Å². The van der Waals surface area contributed by atoms with E-state index >= 15 is 0 Å². The lowest BCUT2D eigenvalue weighted by atomic mass is 9.85. The quantitative estimate of drug-likeness (QED) is 0.0307. The Balaban J connectivity index is 0.000000345. The smallest absolute Gasteiger partial charge is 0.306 e. The number of nitrogens with one attached hydrogen (secondary N) is 2. The number of esters is 1. The minimum atomic E-state index is -0.981. The number of hydrogen-bond donors (Lipinski definition) is 4. The number of hydrogen-bond acceptors (Lipinski definition) is 14. The molecule has 4 N–H and O–H groups in total. The van der Waals surface area contributed by atoms with Crippen LogP contribution in [0.1, 0.15) is 209 Å².